The largest absolute Gasteiger partial charge is 0.497 e. The minimum atomic E-state index is -0.242. The summed E-state index contributed by atoms with van der Waals surface area (Å²) in [6.07, 6.45) is 6.83. The molecule has 1 N–H and O–H groups in total. The smallest absolute Gasteiger partial charge is 0.244 e. The Bertz CT molecular complexity index is 883. The molecule has 1 heterocycles. The van der Waals surface area contributed by atoms with E-state index in [1.165, 1.54) is 6.08 Å². The lowest BCUT2D eigenvalue weighted by Crippen LogP contribution is -2.27. The zero-order chi connectivity index (χ0) is 18.4. The van der Waals surface area contributed by atoms with E-state index >= 15 is 0 Å². The van der Waals surface area contributed by atoms with Gasteiger partial charge in [0.15, 0.2) is 0 Å². The fraction of sp³-hybridized carbons (Fsp3) is 0.143. The lowest BCUT2D eigenvalue weighted by atomic mass is 9.98. The van der Waals surface area contributed by atoms with Crippen LogP contribution in [-0.4, -0.2) is 22.8 Å². The van der Waals surface area contributed by atoms with Crippen molar-refractivity contribution < 1.29 is 9.53 Å². The van der Waals surface area contributed by atoms with Crippen LogP contribution in [0.3, 0.4) is 0 Å². The lowest BCUT2D eigenvalue weighted by molar-refractivity contribution is -0.116. The highest BCUT2D eigenvalue weighted by atomic mass is 16.5. The van der Waals surface area contributed by atoms with Gasteiger partial charge in [-0.1, -0.05) is 42.5 Å². The third-order valence-electron chi connectivity index (χ3n) is 4.02. The van der Waals surface area contributed by atoms with Gasteiger partial charge in [-0.15, -0.1) is 0 Å². The van der Waals surface area contributed by atoms with Gasteiger partial charge in [-0.05, 0) is 29.3 Å². The summed E-state index contributed by atoms with van der Waals surface area (Å²) in [7, 11) is 3.47. The van der Waals surface area contributed by atoms with Crippen molar-refractivity contribution in [1.29, 1.82) is 0 Å². The van der Waals surface area contributed by atoms with E-state index in [2.05, 4.69) is 10.4 Å². The number of carbonyl (C=O) groups excluding carboxylic acids is 1. The predicted molar refractivity (Wildman–Crippen MR) is 102 cm³/mol. The molecule has 26 heavy (non-hydrogen) atoms. The molecule has 0 saturated carbocycles. The molecule has 1 atom stereocenters. The summed E-state index contributed by atoms with van der Waals surface area (Å²) in [6, 6.07) is 17.3. The van der Waals surface area contributed by atoms with Gasteiger partial charge in [-0.25, -0.2) is 0 Å². The summed E-state index contributed by atoms with van der Waals surface area (Å²) in [5.74, 6) is 0.613. The number of aryl methyl sites for hydroxylation is 1. The van der Waals surface area contributed by atoms with Gasteiger partial charge in [-0.3, -0.25) is 9.48 Å². The Hall–Kier alpha value is -3.34. The first-order valence-corrected chi connectivity index (χ1v) is 8.32. The highest BCUT2D eigenvalue weighted by molar-refractivity contribution is 5.92. The van der Waals surface area contributed by atoms with E-state index < -0.39 is 0 Å². The first-order valence-electron chi connectivity index (χ1n) is 8.32. The third-order valence-corrected chi connectivity index (χ3v) is 4.02. The molecular formula is C21H21N3O2. The highest BCUT2D eigenvalue weighted by Gasteiger charge is 2.15. The van der Waals surface area contributed by atoms with Crippen LogP contribution in [0.25, 0.3) is 6.08 Å². The molecule has 3 rings (SSSR count). The molecule has 0 aliphatic rings. The molecule has 0 unspecified atom stereocenters. The van der Waals surface area contributed by atoms with Crippen LogP contribution < -0.4 is 10.1 Å². The maximum absolute atomic E-state index is 12.5. The number of nitrogens with one attached hydrogen (secondary N) is 1. The summed E-state index contributed by atoms with van der Waals surface area (Å²) >= 11 is 0. The first-order chi connectivity index (χ1) is 12.7. The standard InChI is InChI=1S/C21H21N3O2/c1-24-15-16(14-22-24)8-13-20(25)23-21(17-6-4-3-5-7-17)18-9-11-19(26-2)12-10-18/h3-15,21H,1-2H3,(H,23,25)/b13-8+/t21-/m1/s1. The maximum atomic E-state index is 12.5. The Kier molecular flexibility index (Phi) is 5.49. The van der Waals surface area contributed by atoms with Crippen molar-refractivity contribution in [2.24, 2.45) is 7.05 Å². The highest BCUT2D eigenvalue weighted by Crippen LogP contribution is 2.24. The van der Waals surface area contributed by atoms with Gasteiger partial charge in [-0.2, -0.15) is 5.10 Å². The number of methoxy groups -OCH3 is 1. The normalized spacial score (nSPS) is 12.1. The van der Waals surface area contributed by atoms with E-state index in [1.807, 2.05) is 67.8 Å². The Morgan fingerprint density at radius 1 is 1.12 bits per heavy atom. The number of rotatable bonds is 6. The predicted octanol–water partition coefficient (Wildman–Crippen LogP) is 3.35. The van der Waals surface area contributed by atoms with Crippen molar-refractivity contribution >= 4 is 12.0 Å². The van der Waals surface area contributed by atoms with Crippen LogP contribution in [0, 0.1) is 0 Å². The van der Waals surface area contributed by atoms with Gasteiger partial charge < -0.3 is 10.1 Å². The molecule has 0 aliphatic heterocycles. The molecule has 2 aromatic carbocycles. The topological polar surface area (TPSA) is 56.1 Å². The Morgan fingerprint density at radius 3 is 2.42 bits per heavy atom. The first kappa shape index (κ1) is 17.5. The van der Waals surface area contributed by atoms with Crippen molar-refractivity contribution in [2.75, 3.05) is 7.11 Å². The molecule has 0 bridgehead atoms. The van der Waals surface area contributed by atoms with Crippen LogP contribution >= 0.6 is 0 Å². The molecule has 0 saturated heterocycles. The summed E-state index contributed by atoms with van der Waals surface area (Å²) in [5, 5.41) is 7.16. The van der Waals surface area contributed by atoms with Gasteiger partial charge in [0.1, 0.15) is 5.75 Å². The average Bonchev–Trinajstić information content (AvgIpc) is 3.10. The zero-order valence-electron chi connectivity index (χ0n) is 14.8. The van der Waals surface area contributed by atoms with Crippen molar-refractivity contribution in [1.82, 2.24) is 15.1 Å². The van der Waals surface area contributed by atoms with Gasteiger partial charge >= 0.3 is 0 Å². The van der Waals surface area contributed by atoms with Crippen molar-refractivity contribution in [2.45, 2.75) is 6.04 Å². The summed E-state index contributed by atoms with van der Waals surface area (Å²) in [6.45, 7) is 0. The molecule has 132 valence electrons. The van der Waals surface area contributed by atoms with Crippen LogP contribution in [-0.2, 0) is 11.8 Å². The second kappa shape index (κ2) is 8.16. The third kappa shape index (κ3) is 4.39. The van der Waals surface area contributed by atoms with E-state index in [-0.39, 0.29) is 11.9 Å². The van der Waals surface area contributed by atoms with Crippen molar-refractivity contribution in [3.63, 3.8) is 0 Å². The molecule has 5 heteroatoms. The number of hydrogen-bond donors (Lipinski definition) is 1. The van der Waals surface area contributed by atoms with Crippen molar-refractivity contribution in [3.8, 4) is 5.75 Å². The molecule has 0 spiro atoms. The molecule has 5 nitrogen and oxygen atoms in total. The molecule has 0 aliphatic carbocycles. The number of hydrogen-bond acceptors (Lipinski definition) is 3. The number of carbonyl (C=O) groups is 1. The van der Waals surface area contributed by atoms with E-state index in [0.717, 1.165) is 22.4 Å². The van der Waals surface area contributed by atoms with E-state index in [4.69, 9.17) is 4.74 Å². The summed E-state index contributed by atoms with van der Waals surface area (Å²) in [5.41, 5.74) is 2.88. The second-order valence-electron chi connectivity index (χ2n) is 5.91. The van der Waals surface area contributed by atoms with Gasteiger partial charge in [0.05, 0.1) is 19.3 Å². The maximum Gasteiger partial charge on any atom is 0.244 e. The fourth-order valence-electron chi connectivity index (χ4n) is 2.69. The van der Waals surface area contributed by atoms with E-state index in [0.29, 0.717) is 0 Å². The second-order valence-corrected chi connectivity index (χ2v) is 5.91. The molecular weight excluding hydrogens is 326 g/mol. The van der Waals surface area contributed by atoms with Crippen LogP contribution in [0.1, 0.15) is 22.7 Å². The van der Waals surface area contributed by atoms with Crippen LogP contribution in [0.5, 0.6) is 5.75 Å². The zero-order valence-corrected chi connectivity index (χ0v) is 14.8. The van der Waals surface area contributed by atoms with Gasteiger partial charge in [0.2, 0.25) is 5.91 Å². The molecule has 1 aromatic heterocycles. The Balaban J connectivity index is 1.81. The molecule has 1 amide bonds. The summed E-state index contributed by atoms with van der Waals surface area (Å²) < 4.78 is 6.91. The molecule has 0 fully saturated rings. The van der Waals surface area contributed by atoms with Gasteiger partial charge in [0.25, 0.3) is 0 Å². The Labute approximate surface area is 152 Å². The minimum Gasteiger partial charge on any atom is -0.497 e. The van der Waals surface area contributed by atoms with Crippen molar-refractivity contribution in [3.05, 3.63) is 89.8 Å². The monoisotopic (exact) mass is 347 g/mol. The number of amides is 1. The average molecular weight is 347 g/mol. The number of benzene rings is 2. The molecule has 3 aromatic rings. The van der Waals surface area contributed by atoms with Crippen LogP contribution in [0.4, 0.5) is 0 Å². The number of ether oxygens (including phenoxy) is 1. The van der Waals surface area contributed by atoms with Crippen LogP contribution in [0.15, 0.2) is 73.1 Å². The number of nitrogens with zero attached hydrogens (tertiary/aromatic N) is 2. The SMILES string of the molecule is COc1ccc([C@H](NC(=O)/C=C/c2cnn(C)c2)c2ccccc2)cc1. The van der Waals surface area contributed by atoms with Crippen LogP contribution in [0.2, 0.25) is 0 Å². The van der Waals surface area contributed by atoms with Gasteiger partial charge in [0, 0.05) is 24.9 Å². The molecule has 0 radical (unpaired) electrons. The fourth-order valence-corrected chi connectivity index (χ4v) is 2.69. The minimum absolute atomic E-state index is 0.168. The number of aromatic nitrogens is 2. The Morgan fingerprint density at radius 2 is 1.81 bits per heavy atom. The lowest BCUT2D eigenvalue weighted by Gasteiger charge is -2.19. The van der Waals surface area contributed by atoms with E-state index in [1.54, 1.807) is 24.1 Å². The summed E-state index contributed by atoms with van der Waals surface area (Å²) in [4.78, 5) is 12.5. The quantitative estimate of drug-likeness (QED) is 0.696. The van der Waals surface area contributed by atoms with E-state index in [9.17, 15) is 4.79 Å².